The average Bonchev–Trinajstić information content (AvgIpc) is 2.77. The van der Waals surface area contributed by atoms with Gasteiger partial charge in [-0.15, -0.1) is 11.3 Å². The fourth-order valence-corrected chi connectivity index (χ4v) is 1.98. The molecule has 0 unspecified atom stereocenters. The highest BCUT2D eigenvalue weighted by Crippen LogP contribution is 2.19. The molecule has 0 aliphatic heterocycles. The monoisotopic (exact) mass is 265 g/mol. The summed E-state index contributed by atoms with van der Waals surface area (Å²) >= 11 is 1.44. The zero-order valence-electron chi connectivity index (χ0n) is 9.98. The summed E-state index contributed by atoms with van der Waals surface area (Å²) in [5.74, 6) is -0.232. The van der Waals surface area contributed by atoms with Crippen molar-refractivity contribution in [1.29, 1.82) is 0 Å². The summed E-state index contributed by atoms with van der Waals surface area (Å²) in [6.45, 7) is 1.90. The molecule has 1 aromatic carbocycles. The molecule has 0 radical (unpaired) electrons. The molecule has 0 aliphatic rings. The largest absolute Gasteiger partial charge is 0.494 e. The highest BCUT2D eigenvalue weighted by molar-refractivity contribution is 7.13. The van der Waals surface area contributed by atoms with Gasteiger partial charge in [0.05, 0.1) is 19.0 Å². The van der Waals surface area contributed by atoms with E-state index >= 15 is 0 Å². The number of aryl methyl sites for hydroxylation is 1. The van der Waals surface area contributed by atoms with E-state index in [4.69, 9.17) is 4.74 Å². The Morgan fingerprint density at radius 1 is 1.50 bits per heavy atom. The number of rotatable bonds is 4. The lowest BCUT2D eigenvalue weighted by molar-refractivity contribution is 0.386. The second-order valence-electron chi connectivity index (χ2n) is 3.53. The number of hydrazone groups is 1. The summed E-state index contributed by atoms with van der Waals surface area (Å²) in [7, 11) is 1.43. The maximum absolute atomic E-state index is 13.7. The molecule has 18 heavy (non-hydrogen) atoms. The minimum atomic E-state index is -0.430. The van der Waals surface area contributed by atoms with Crippen molar-refractivity contribution in [2.75, 3.05) is 12.5 Å². The van der Waals surface area contributed by atoms with Crippen molar-refractivity contribution in [3.63, 3.8) is 0 Å². The van der Waals surface area contributed by atoms with Gasteiger partial charge in [-0.25, -0.2) is 9.37 Å². The highest BCUT2D eigenvalue weighted by Gasteiger charge is 2.05. The van der Waals surface area contributed by atoms with Crippen LogP contribution in [0.15, 0.2) is 28.7 Å². The lowest BCUT2D eigenvalue weighted by Gasteiger charge is -2.03. The fourth-order valence-electron chi connectivity index (χ4n) is 1.35. The third-order valence-corrected chi connectivity index (χ3v) is 3.06. The van der Waals surface area contributed by atoms with Crippen LogP contribution in [0.3, 0.4) is 0 Å². The fraction of sp³-hybridized carbons (Fsp3) is 0.167. The highest BCUT2D eigenvalue weighted by atomic mass is 32.1. The Labute approximate surface area is 108 Å². The van der Waals surface area contributed by atoms with Gasteiger partial charge in [-0.2, -0.15) is 5.10 Å². The Hall–Kier alpha value is -1.95. The van der Waals surface area contributed by atoms with Gasteiger partial charge in [-0.05, 0) is 13.0 Å². The zero-order chi connectivity index (χ0) is 13.0. The molecule has 1 N–H and O–H groups in total. The van der Waals surface area contributed by atoms with E-state index in [-0.39, 0.29) is 5.75 Å². The molecule has 0 spiro atoms. The SMILES string of the molecule is COc1cccc(C=NNc2nc(C)cs2)c1F. The topological polar surface area (TPSA) is 46.5 Å². The molecule has 2 aromatic rings. The molecule has 4 nitrogen and oxygen atoms in total. The van der Waals surface area contributed by atoms with Crippen LogP contribution in [0.2, 0.25) is 0 Å². The summed E-state index contributed by atoms with van der Waals surface area (Å²) in [6.07, 6.45) is 1.40. The number of nitrogens with zero attached hydrogens (tertiary/aromatic N) is 2. The van der Waals surface area contributed by atoms with Gasteiger partial charge < -0.3 is 4.74 Å². The van der Waals surface area contributed by atoms with Crippen molar-refractivity contribution in [2.24, 2.45) is 5.10 Å². The quantitative estimate of drug-likeness (QED) is 0.682. The third-order valence-electron chi connectivity index (χ3n) is 2.20. The first-order valence-electron chi connectivity index (χ1n) is 5.24. The molecule has 0 atom stereocenters. The molecule has 0 saturated carbocycles. The van der Waals surface area contributed by atoms with Gasteiger partial charge in [0.1, 0.15) is 0 Å². The summed E-state index contributed by atoms with van der Waals surface area (Å²) in [4.78, 5) is 4.17. The number of hydrogen-bond acceptors (Lipinski definition) is 5. The summed E-state index contributed by atoms with van der Waals surface area (Å²) < 4.78 is 18.6. The van der Waals surface area contributed by atoms with Crippen LogP contribution >= 0.6 is 11.3 Å². The smallest absolute Gasteiger partial charge is 0.203 e. The van der Waals surface area contributed by atoms with E-state index in [1.54, 1.807) is 18.2 Å². The molecule has 0 bridgehead atoms. The van der Waals surface area contributed by atoms with Crippen molar-refractivity contribution in [3.8, 4) is 5.75 Å². The van der Waals surface area contributed by atoms with Crippen molar-refractivity contribution in [3.05, 3.63) is 40.7 Å². The first-order valence-corrected chi connectivity index (χ1v) is 6.12. The molecular formula is C12H12FN3OS. The molecule has 0 saturated heterocycles. The second kappa shape index (κ2) is 5.59. The van der Waals surface area contributed by atoms with Crippen LogP contribution < -0.4 is 10.2 Å². The van der Waals surface area contributed by atoms with Crippen LogP contribution in [0.4, 0.5) is 9.52 Å². The lowest BCUT2D eigenvalue weighted by atomic mass is 10.2. The van der Waals surface area contributed by atoms with E-state index in [0.29, 0.717) is 10.7 Å². The van der Waals surface area contributed by atoms with Crippen LogP contribution in [0.1, 0.15) is 11.3 Å². The van der Waals surface area contributed by atoms with Crippen LogP contribution in [0, 0.1) is 12.7 Å². The van der Waals surface area contributed by atoms with Crippen molar-refractivity contribution in [2.45, 2.75) is 6.92 Å². The molecule has 94 valence electrons. The number of benzene rings is 1. The number of nitrogens with one attached hydrogen (secondary N) is 1. The summed E-state index contributed by atoms with van der Waals surface area (Å²) in [6, 6.07) is 4.89. The van der Waals surface area contributed by atoms with Crippen molar-refractivity contribution >= 4 is 22.7 Å². The van der Waals surface area contributed by atoms with Crippen LogP contribution in [0.25, 0.3) is 0 Å². The maximum Gasteiger partial charge on any atom is 0.203 e. The van der Waals surface area contributed by atoms with Gasteiger partial charge in [-0.1, -0.05) is 12.1 Å². The van der Waals surface area contributed by atoms with Gasteiger partial charge in [0.25, 0.3) is 0 Å². The number of thiazole rings is 1. The van der Waals surface area contributed by atoms with Gasteiger partial charge in [0.15, 0.2) is 11.6 Å². The summed E-state index contributed by atoms with van der Waals surface area (Å²) in [5.41, 5.74) is 4.03. The average molecular weight is 265 g/mol. The van der Waals surface area contributed by atoms with Crippen molar-refractivity contribution in [1.82, 2.24) is 4.98 Å². The first-order chi connectivity index (χ1) is 8.70. The molecule has 2 rings (SSSR count). The van der Waals surface area contributed by atoms with E-state index in [9.17, 15) is 4.39 Å². The molecule has 0 fully saturated rings. The predicted octanol–water partition coefficient (Wildman–Crippen LogP) is 3.05. The van der Waals surface area contributed by atoms with Crippen LogP contribution in [0.5, 0.6) is 5.75 Å². The number of ether oxygens (including phenoxy) is 1. The van der Waals surface area contributed by atoms with Gasteiger partial charge in [0, 0.05) is 10.9 Å². The molecule has 1 heterocycles. The van der Waals surface area contributed by atoms with E-state index in [0.717, 1.165) is 5.69 Å². The van der Waals surface area contributed by atoms with Crippen LogP contribution in [-0.4, -0.2) is 18.3 Å². The Morgan fingerprint density at radius 2 is 2.33 bits per heavy atom. The molecule has 0 aliphatic carbocycles. The number of methoxy groups -OCH3 is 1. The minimum Gasteiger partial charge on any atom is -0.494 e. The first kappa shape index (κ1) is 12.5. The summed E-state index contributed by atoms with van der Waals surface area (Å²) in [5, 5.41) is 6.52. The number of aromatic nitrogens is 1. The van der Waals surface area contributed by atoms with Gasteiger partial charge >= 0.3 is 0 Å². The Balaban J connectivity index is 2.09. The number of hydrogen-bond donors (Lipinski definition) is 1. The molecule has 6 heteroatoms. The van der Waals surface area contributed by atoms with Gasteiger partial charge in [0.2, 0.25) is 5.13 Å². The van der Waals surface area contributed by atoms with E-state index in [2.05, 4.69) is 15.5 Å². The molecule has 0 amide bonds. The second-order valence-corrected chi connectivity index (χ2v) is 4.39. The van der Waals surface area contributed by atoms with E-state index in [1.165, 1.54) is 24.7 Å². The van der Waals surface area contributed by atoms with E-state index in [1.807, 2.05) is 12.3 Å². The zero-order valence-corrected chi connectivity index (χ0v) is 10.8. The Bertz CT molecular complexity index is 568. The van der Waals surface area contributed by atoms with Gasteiger partial charge in [-0.3, -0.25) is 5.43 Å². The lowest BCUT2D eigenvalue weighted by Crippen LogP contribution is -1.95. The number of halogens is 1. The predicted molar refractivity (Wildman–Crippen MR) is 71.0 cm³/mol. The van der Waals surface area contributed by atoms with Crippen molar-refractivity contribution < 1.29 is 9.13 Å². The van der Waals surface area contributed by atoms with Crippen LogP contribution in [-0.2, 0) is 0 Å². The Kier molecular flexibility index (Phi) is 3.88. The minimum absolute atomic E-state index is 0.198. The standard InChI is InChI=1S/C12H12FN3OS/c1-8-7-18-12(15-8)16-14-6-9-4-3-5-10(17-2)11(9)13/h3-7H,1-2H3,(H,15,16). The van der Waals surface area contributed by atoms with E-state index < -0.39 is 5.82 Å². The normalized spacial score (nSPS) is 10.8. The maximum atomic E-state index is 13.7. The third kappa shape index (κ3) is 2.84. The Morgan fingerprint density at radius 3 is 3.00 bits per heavy atom. The molecule has 1 aromatic heterocycles. The number of anilines is 1. The molecular weight excluding hydrogens is 253 g/mol.